The number of hydrogen-bond acceptors (Lipinski definition) is 5. The van der Waals surface area contributed by atoms with E-state index >= 15 is 0 Å². The van der Waals surface area contributed by atoms with Gasteiger partial charge in [-0.25, -0.2) is 4.39 Å². The first kappa shape index (κ1) is 23.8. The highest BCUT2D eigenvalue weighted by Gasteiger charge is 2.29. The van der Waals surface area contributed by atoms with Gasteiger partial charge >= 0.3 is 0 Å². The molecule has 5 rings (SSSR count). The van der Waals surface area contributed by atoms with E-state index in [9.17, 15) is 14.6 Å². The summed E-state index contributed by atoms with van der Waals surface area (Å²) in [6, 6.07) is 19.0. The summed E-state index contributed by atoms with van der Waals surface area (Å²) in [5.41, 5.74) is 5.59. The average molecular weight is 479 g/mol. The maximum absolute atomic E-state index is 13.4. The van der Waals surface area contributed by atoms with Crippen molar-refractivity contribution < 1.29 is 28.8 Å². The van der Waals surface area contributed by atoms with Crippen molar-refractivity contribution in [3.8, 4) is 11.5 Å². The third-order valence-electron chi connectivity index (χ3n) is 6.85. The Balaban J connectivity index is 1.19. The van der Waals surface area contributed by atoms with Gasteiger partial charge < -0.3 is 24.4 Å². The van der Waals surface area contributed by atoms with Crippen LogP contribution >= 0.6 is 0 Å². The molecule has 35 heavy (non-hydrogen) atoms. The maximum Gasteiger partial charge on any atom is 0.137 e. The number of ether oxygens (including phenoxy) is 3. The summed E-state index contributed by atoms with van der Waals surface area (Å²) in [7, 11) is 0. The van der Waals surface area contributed by atoms with Gasteiger partial charge in [0.05, 0.1) is 24.9 Å². The second kappa shape index (κ2) is 10.4. The Labute approximate surface area is 205 Å². The number of aryl methyl sites for hydroxylation is 1. The van der Waals surface area contributed by atoms with Gasteiger partial charge in [0.25, 0.3) is 0 Å². The minimum atomic E-state index is -0.465. The second-order valence-corrected chi connectivity index (χ2v) is 9.57. The van der Waals surface area contributed by atoms with E-state index in [-0.39, 0.29) is 30.7 Å². The van der Waals surface area contributed by atoms with Crippen molar-refractivity contribution in [2.24, 2.45) is 0 Å². The zero-order valence-electron chi connectivity index (χ0n) is 19.8. The van der Waals surface area contributed by atoms with Gasteiger partial charge in [0.15, 0.2) is 0 Å². The molecule has 0 aromatic heterocycles. The Hall–Kier alpha value is -2.93. The van der Waals surface area contributed by atoms with Crippen molar-refractivity contribution in [3.63, 3.8) is 0 Å². The normalized spacial score (nSPS) is 23.5. The molecule has 2 aliphatic rings. The predicted octanol–water partition coefficient (Wildman–Crippen LogP) is 4.68. The third-order valence-corrected chi connectivity index (χ3v) is 6.85. The van der Waals surface area contributed by atoms with E-state index in [4.69, 9.17) is 14.2 Å². The van der Waals surface area contributed by atoms with Gasteiger partial charge in [0, 0.05) is 25.3 Å². The van der Waals surface area contributed by atoms with E-state index in [2.05, 4.69) is 31.2 Å². The van der Waals surface area contributed by atoms with Crippen LogP contribution in [0.15, 0.2) is 60.7 Å². The minimum absolute atomic E-state index is 0.0843. The largest absolute Gasteiger partial charge is 0.490 e. The SMILES string of the molecule is Cc1ccc([C@H]2C[C@@H](O)C[C@@H](CO)O2)cc1Cc1ccc(OCC2Cc3ccc(F)cc3O2)cc1. The smallest absolute Gasteiger partial charge is 0.137 e. The van der Waals surface area contributed by atoms with E-state index < -0.39 is 6.10 Å². The van der Waals surface area contributed by atoms with Crippen LogP contribution in [-0.4, -0.2) is 41.7 Å². The molecule has 0 amide bonds. The molecule has 2 N–H and O–H groups in total. The quantitative estimate of drug-likeness (QED) is 0.516. The fourth-order valence-electron chi connectivity index (χ4n) is 4.88. The molecule has 3 aromatic carbocycles. The minimum Gasteiger partial charge on any atom is -0.490 e. The number of benzene rings is 3. The molecule has 0 saturated carbocycles. The van der Waals surface area contributed by atoms with Crippen LogP contribution in [0.2, 0.25) is 0 Å². The molecule has 1 fully saturated rings. The first-order valence-corrected chi connectivity index (χ1v) is 12.2. The van der Waals surface area contributed by atoms with Crippen molar-refractivity contribution in [1.82, 2.24) is 0 Å². The summed E-state index contributed by atoms with van der Waals surface area (Å²) < 4.78 is 31.1. The Morgan fingerprint density at radius 1 is 1.00 bits per heavy atom. The van der Waals surface area contributed by atoms with Crippen LogP contribution in [0.1, 0.15) is 46.8 Å². The van der Waals surface area contributed by atoms with E-state index in [1.807, 2.05) is 18.2 Å². The fraction of sp³-hybridized carbons (Fsp3) is 0.379. The summed E-state index contributed by atoms with van der Waals surface area (Å²) in [5, 5.41) is 19.6. The first-order chi connectivity index (χ1) is 17.0. The van der Waals surface area contributed by atoms with Gasteiger partial charge in [-0.2, -0.15) is 0 Å². The van der Waals surface area contributed by atoms with Crippen molar-refractivity contribution in [1.29, 1.82) is 0 Å². The number of fused-ring (bicyclic) bond motifs is 1. The van der Waals surface area contributed by atoms with Gasteiger partial charge in [-0.1, -0.05) is 36.4 Å². The van der Waals surface area contributed by atoms with Gasteiger partial charge in [-0.3, -0.25) is 0 Å². The fourth-order valence-corrected chi connectivity index (χ4v) is 4.88. The molecule has 0 aliphatic carbocycles. The van der Waals surface area contributed by atoms with Gasteiger partial charge in [0.2, 0.25) is 0 Å². The summed E-state index contributed by atoms with van der Waals surface area (Å²) >= 11 is 0. The number of aliphatic hydroxyl groups excluding tert-OH is 2. The highest BCUT2D eigenvalue weighted by Crippen LogP contribution is 2.33. The molecule has 2 aliphatic heterocycles. The first-order valence-electron chi connectivity index (χ1n) is 12.2. The number of hydrogen-bond donors (Lipinski definition) is 2. The highest BCUT2D eigenvalue weighted by molar-refractivity contribution is 5.39. The second-order valence-electron chi connectivity index (χ2n) is 9.57. The molecular weight excluding hydrogens is 447 g/mol. The molecule has 0 spiro atoms. The van der Waals surface area contributed by atoms with Gasteiger partial charge in [0.1, 0.15) is 30.0 Å². The zero-order chi connectivity index (χ0) is 24.4. The number of aliphatic hydroxyl groups is 2. The summed E-state index contributed by atoms with van der Waals surface area (Å²) in [4.78, 5) is 0. The maximum atomic E-state index is 13.4. The van der Waals surface area contributed by atoms with Crippen LogP contribution in [0.4, 0.5) is 4.39 Å². The molecule has 1 saturated heterocycles. The van der Waals surface area contributed by atoms with Crippen molar-refractivity contribution in [3.05, 3.63) is 94.3 Å². The van der Waals surface area contributed by atoms with E-state index in [1.54, 1.807) is 6.07 Å². The van der Waals surface area contributed by atoms with Crippen molar-refractivity contribution in [2.75, 3.05) is 13.2 Å². The molecule has 2 heterocycles. The Morgan fingerprint density at radius 3 is 2.63 bits per heavy atom. The highest BCUT2D eigenvalue weighted by atomic mass is 19.1. The van der Waals surface area contributed by atoms with Crippen LogP contribution in [-0.2, 0) is 17.6 Å². The topological polar surface area (TPSA) is 68.2 Å². The average Bonchev–Trinajstić information content (AvgIpc) is 3.26. The number of halogens is 1. The van der Waals surface area contributed by atoms with Crippen LogP contribution in [0.3, 0.4) is 0 Å². The van der Waals surface area contributed by atoms with Crippen LogP contribution in [0, 0.1) is 12.7 Å². The van der Waals surface area contributed by atoms with Crippen LogP contribution in [0.25, 0.3) is 0 Å². The van der Waals surface area contributed by atoms with Crippen LogP contribution in [0.5, 0.6) is 11.5 Å². The van der Waals surface area contributed by atoms with Gasteiger partial charge in [-0.15, -0.1) is 0 Å². The molecule has 0 bridgehead atoms. The van der Waals surface area contributed by atoms with E-state index in [0.717, 1.165) is 28.9 Å². The molecule has 3 aromatic rings. The van der Waals surface area contributed by atoms with Crippen LogP contribution < -0.4 is 9.47 Å². The zero-order valence-corrected chi connectivity index (χ0v) is 19.8. The molecule has 6 heteroatoms. The molecule has 0 radical (unpaired) electrons. The predicted molar refractivity (Wildman–Crippen MR) is 130 cm³/mol. The molecule has 4 atom stereocenters. The van der Waals surface area contributed by atoms with Crippen molar-refractivity contribution in [2.45, 2.75) is 57.0 Å². The summed E-state index contributed by atoms with van der Waals surface area (Å²) in [6.45, 7) is 2.41. The monoisotopic (exact) mass is 478 g/mol. The molecular formula is C29H31FO5. The Morgan fingerprint density at radius 2 is 1.83 bits per heavy atom. The molecule has 184 valence electrons. The van der Waals surface area contributed by atoms with E-state index in [0.29, 0.717) is 31.6 Å². The standard InChI is InChI=1S/C29H31FO5/c1-18-2-5-20(29-15-24(32)14-26(16-31)34-29)11-22(18)10-19-3-8-25(9-4-19)33-17-27-12-21-6-7-23(30)13-28(21)35-27/h2-9,11,13,24,26-27,29,31-32H,10,12,14-17H2,1H3/t24-,26-,27?,29+/m0/s1. The number of rotatable bonds is 7. The van der Waals surface area contributed by atoms with E-state index in [1.165, 1.54) is 23.3 Å². The van der Waals surface area contributed by atoms with Gasteiger partial charge in [-0.05, 0) is 59.4 Å². The lowest BCUT2D eigenvalue weighted by molar-refractivity contribution is -0.113. The molecule has 5 nitrogen and oxygen atoms in total. The molecule has 1 unspecified atom stereocenters. The Bertz CT molecular complexity index is 1160. The summed E-state index contributed by atoms with van der Waals surface area (Å²) in [5.74, 6) is 1.08. The lowest BCUT2D eigenvalue weighted by atomic mass is 9.92. The Kier molecular flexibility index (Phi) is 7.04. The lowest BCUT2D eigenvalue weighted by Gasteiger charge is -2.32. The lowest BCUT2D eigenvalue weighted by Crippen LogP contribution is -2.33. The summed E-state index contributed by atoms with van der Waals surface area (Å²) in [6.07, 6.45) is 1.36. The van der Waals surface area contributed by atoms with Crippen molar-refractivity contribution >= 4 is 0 Å². The third kappa shape index (κ3) is 5.67.